The Morgan fingerprint density at radius 3 is 2.22 bits per heavy atom. The second-order valence-electron chi connectivity index (χ2n) is 5.34. The lowest BCUT2D eigenvalue weighted by atomic mass is 10.1. The summed E-state index contributed by atoms with van der Waals surface area (Å²) < 4.78 is 90.1. The van der Waals surface area contributed by atoms with Crippen molar-refractivity contribution in [1.29, 1.82) is 0 Å². The van der Waals surface area contributed by atoms with Crippen LogP contribution in [-0.4, -0.2) is 6.03 Å². The molecule has 0 fully saturated rings. The molecular formula is C16H10ClF7N2O. The Labute approximate surface area is 153 Å². The van der Waals surface area contributed by atoms with E-state index in [4.69, 9.17) is 11.6 Å². The van der Waals surface area contributed by atoms with Crippen LogP contribution in [0.25, 0.3) is 0 Å². The summed E-state index contributed by atoms with van der Waals surface area (Å²) in [5, 5.41) is 3.79. The zero-order chi connectivity index (χ0) is 20.4. The SMILES string of the molecule is O=C(NCc1cc(F)cc(C(F)(F)F)c1)Nc1ccc(Cl)cc1C(F)(F)F. The number of hydrogen-bond acceptors (Lipinski definition) is 1. The molecule has 0 bridgehead atoms. The third-order valence-corrected chi connectivity index (χ3v) is 3.51. The van der Waals surface area contributed by atoms with Gasteiger partial charge in [-0.3, -0.25) is 0 Å². The molecule has 2 aromatic rings. The van der Waals surface area contributed by atoms with Crippen molar-refractivity contribution >= 4 is 23.3 Å². The summed E-state index contributed by atoms with van der Waals surface area (Å²) in [6.45, 7) is -0.540. The van der Waals surface area contributed by atoms with Gasteiger partial charge in [0.15, 0.2) is 0 Å². The fourth-order valence-corrected chi connectivity index (χ4v) is 2.30. The molecule has 0 radical (unpaired) electrons. The van der Waals surface area contributed by atoms with Crippen molar-refractivity contribution in [1.82, 2.24) is 5.32 Å². The van der Waals surface area contributed by atoms with Crippen molar-refractivity contribution in [2.75, 3.05) is 5.32 Å². The molecule has 2 amide bonds. The van der Waals surface area contributed by atoms with Gasteiger partial charge in [-0.2, -0.15) is 26.3 Å². The van der Waals surface area contributed by atoms with Gasteiger partial charge in [0.1, 0.15) is 5.82 Å². The molecule has 0 saturated heterocycles. The van der Waals surface area contributed by atoms with Gasteiger partial charge in [-0.15, -0.1) is 0 Å². The Kier molecular flexibility index (Phi) is 5.88. The maximum atomic E-state index is 13.3. The van der Waals surface area contributed by atoms with Crippen LogP contribution in [0.2, 0.25) is 5.02 Å². The minimum atomic E-state index is -4.79. The van der Waals surface area contributed by atoms with Crippen LogP contribution in [0.15, 0.2) is 36.4 Å². The van der Waals surface area contributed by atoms with Crippen LogP contribution < -0.4 is 10.6 Å². The molecule has 11 heteroatoms. The number of nitrogens with one attached hydrogen (secondary N) is 2. The molecule has 0 heterocycles. The first-order valence-corrected chi connectivity index (χ1v) is 7.52. The predicted octanol–water partition coefficient (Wildman–Crippen LogP) is 5.84. The van der Waals surface area contributed by atoms with Gasteiger partial charge in [0.05, 0.1) is 16.8 Å². The molecule has 0 aliphatic heterocycles. The summed E-state index contributed by atoms with van der Waals surface area (Å²) in [5.74, 6) is -1.17. The molecule has 2 rings (SSSR count). The average molecular weight is 415 g/mol. The quantitative estimate of drug-likeness (QED) is 0.609. The summed E-state index contributed by atoms with van der Waals surface area (Å²) in [6.07, 6.45) is -9.58. The Morgan fingerprint density at radius 1 is 0.963 bits per heavy atom. The minimum absolute atomic E-state index is 0.201. The first-order chi connectivity index (χ1) is 12.4. The average Bonchev–Trinajstić information content (AvgIpc) is 2.52. The molecule has 0 atom stereocenters. The van der Waals surface area contributed by atoms with E-state index in [-0.39, 0.29) is 16.7 Å². The third kappa shape index (κ3) is 5.75. The Bertz CT molecular complexity index is 850. The van der Waals surface area contributed by atoms with E-state index in [2.05, 4.69) is 5.32 Å². The minimum Gasteiger partial charge on any atom is -0.334 e. The predicted molar refractivity (Wildman–Crippen MR) is 83.7 cm³/mol. The van der Waals surface area contributed by atoms with Gasteiger partial charge in [-0.25, -0.2) is 9.18 Å². The topological polar surface area (TPSA) is 41.1 Å². The second kappa shape index (κ2) is 7.63. The van der Waals surface area contributed by atoms with Crippen LogP contribution in [0.1, 0.15) is 16.7 Å². The lowest BCUT2D eigenvalue weighted by Crippen LogP contribution is -2.29. The Hall–Kier alpha value is -2.49. The number of hydrogen-bond donors (Lipinski definition) is 2. The Morgan fingerprint density at radius 2 is 1.63 bits per heavy atom. The molecule has 0 aromatic heterocycles. The van der Waals surface area contributed by atoms with Crippen LogP contribution in [-0.2, 0) is 18.9 Å². The van der Waals surface area contributed by atoms with Crippen LogP contribution in [0.3, 0.4) is 0 Å². The van der Waals surface area contributed by atoms with E-state index in [1.165, 1.54) is 0 Å². The molecular weight excluding hydrogens is 405 g/mol. The van der Waals surface area contributed by atoms with Gasteiger partial charge in [0.2, 0.25) is 0 Å². The third-order valence-electron chi connectivity index (χ3n) is 3.27. The maximum Gasteiger partial charge on any atom is 0.418 e. The summed E-state index contributed by atoms with van der Waals surface area (Å²) in [4.78, 5) is 11.8. The van der Waals surface area contributed by atoms with Crippen molar-refractivity contribution in [2.24, 2.45) is 0 Å². The zero-order valence-electron chi connectivity index (χ0n) is 13.1. The molecule has 27 heavy (non-hydrogen) atoms. The van der Waals surface area contributed by atoms with E-state index in [1.807, 2.05) is 5.32 Å². The highest BCUT2D eigenvalue weighted by Crippen LogP contribution is 2.36. The number of carbonyl (C=O) groups is 1. The van der Waals surface area contributed by atoms with Crippen molar-refractivity contribution in [3.8, 4) is 0 Å². The van der Waals surface area contributed by atoms with Gasteiger partial charge in [-0.05, 0) is 42.0 Å². The highest BCUT2D eigenvalue weighted by molar-refractivity contribution is 6.30. The molecule has 146 valence electrons. The summed E-state index contributed by atoms with van der Waals surface area (Å²) in [6, 6.07) is 3.20. The lowest BCUT2D eigenvalue weighted by Gasteiger charge is -2.15. The maximum absolute atomic E-state index is 13.3. The van der Waals surface area contributed by atoms with Crippen molar-refractivity contribution in [2.45, 2.75) is 18.9 Å². The number of carbonyl (C=O) groups excluding carboxylic acids is 1. The number of urea groups is 1. The zero-order valence-corrected chi connectivity index (χ0v) is 13.9. The lowest BCUT2D eigenvalue weighted by molar-refractivity contribution is -0.138. The van der Waals surface area contributed by atoms with E-state index in [0.717, 1.165) is 18.2 Å². The van der Waals surface area contributed by atoms with Crippen molar-refractivity contribution in [3.05, 3.63) is 63.9 Å². The summed E-state index contributed by atoms with van der Waals surface area (Å²) >= 11 is 5.51. The van der Waals surface area contributed by atoms with Crippen molar-refractivity contribution < 1.29 is 35.5 Å². The van der Waals surface area contributed by atoms with E-state index in [1.54, 1.807) is 0 Å². The molecule has 0 aliphatic rings. The first kappa shape index (κ1) is 20.8. The van der Waals surface area contributed by atoms with Crippen LogP contribution in [0.4, 0.5) is 41.2 Å². The van der Waals surface area contributed by atoms with Gasteiger partial charge < -0.3 is 10.6 Å². The van der Waals surface area contributed by atoms with Gasteiger partial charge in [-0.1, -0.05) is 11.6 Å². The number of halogens is 8. The van der Waals surface area contributed by atoms with Gasteiger partial charge in [0.25, 0.3) is 0 Å². The van der Waals surface area contributed by atoms with Gasteiger partial charge >= 0.3 is 18.4 Å². The van der Waals surface area contributed by atoms with E-state index >= 15 is 0 Å². The second-order valence-corrected chi connectivity index (χ2v) is 5.78. The molecule has 0 saturated carbocycles. The largest absolute Gasteiger partial charge is 0.418 e. The Balaban J connectivity index is 2.11. The van der Waals surface area contributed by atoms with E-state index < -0.39 is 47.6 Å². The highest BCUT2D eigenvalue weighted by atomic mass is 35.5. The van der Waals surface area contributed by atoms with Crippen molar-refractivity contribution in [3.63, 3.8) is 0 Å². The molecule has 3 nitrogen and oxygen atoms in total. The van der Waals surface area contributed by atoms with Crippen LogP contribution in [0, 0.1) is 5.82 Å². The standard InChI is InChI=1S/C16H10ClF7N2O/c17-10-1-2-13(12(6-10)16(22,23)24)26-14(27)25-7-8-3-9(15(19,20)21)5-11(18)4-8/h1-6H,7H2,(H2,25,26,27). The molecule has 0 aliphatic carbocycles. The monoisotopic (exact) mass is 414 g/mol. The number of alkyl halides is 6. The normalized spacial score (nSPS) is 12.0. The van der Waals surface area contributed by atoms with E-state index in [9.17, 15) is 35.5 Å². The van der Waals surface area contributed by atoms with Gasteiger partial charge in [0, 0.05) is 11.6 Å². The highest BCUT2D eigenvalue weighted by Gasteiger charge is 2.34. The molecule has 0 unspecified atom stereocenters. The smallest absolute Gasteiger partial charge is 0.334 e. The van der Waals surface area contributed by atoms with Crippen LogP contribution in [0.5, 0.6) is 0 Å². The number of amides is 2. The summed E-state index contributed by atoms with van der Waals surface area (Å²) in [5.41, 5.74) is -3.27. The molecule has 2 aromatic carbocycles. The molecule has 2 N–H and O–H groups in total. The number of benzene rings is 2. The molecule has 0 spiro atoms. The number of rotatable bonds is 3. The van der Waals surface area contributed by atoms with Crippen LogP contribution >= 0.6 is 11.6 Å². The number of anilines is 1. The van der Waals surface area contributed by atoms with E-state index in [0.29, 0.717) is 12.1 Å². The summed E-state index contributed by atoms with van der Waals surface area (Å²) in [7, 11) is 0. The first-order valence-electron chi connectivity index (χ1n) is 7.14. The fourth-order valence-electron chi connectivity index (χ4n) is 2.12. The fraction of sp³-hybridized carbons (Fsp3) is 0.188.